The fourth-order valence-electron chi connectivity index (χ4n) is 4.25. The molecule has 0 bridgehead atoms. The van der Waals surface area contributed by atoms with E-state index < -0.39 is 0 Å². The molecule has 0 aliphatic heterocycles. The quantitative estimate of drug-likeness (QED) is 0.433. The number of carbonyl (C=O) groups is 2. The van der Waals surface area contributed by atoms with Gasteiger partial charge in [-0.25, -0.2) is 0 Å². The summed E-state index contributed by atoms with van der Waals surface area (Å²) in [5.74, 6) is -0.220. The van der Waals surface area contributed by atoms with Gasteiger partial charge >= 0.3 is 0 Å². The van der Waals surface area contributed by atoms with Crippen molar-refractivity contribution in [1.29, 1.82) is 0 Å². The summed E-state index contributed by atoms with van der Waals surface area (Å²) in [6.07, 6.45) is 6.73. The average Bonchev–Trinajstić information content (AvgIpc) is 2.88. The molecule has 2 heteroatoms. The maximum Gasteiger partial charge on any atom is 0.197 e. The minimum atomic E-state index is -0.158. The van der Waals surface area contributed by atoms with Crippen molar-refractivity contribution in [3.63, 3.8) is 0 Å². The van der Waals surface area contributed by atoms with Gasteiger partial charge in [-0.1, -0.05) is 91.0 Å². The highest BCUT2D eigenvalue weighted by Gasteiger charge is 2.32. The monoisotopic (exact) mass is 362 g/mol. The van der Waals surface area contributed by atoms with Crippen molar-refractivity contribution in [3.8, 4) is 0 Å². The second kappa shape index (κ2) is 6.58. The molecule has 0 atom stereocenters. The molecule has 0 aromatic heterocycles. The summed E-state index contributed by atoms with van der Waals surface area (Å²) in [4.78, 5) is 25.5. The van der Waals surface area contributed by atoms with Gasteiger partial charge in [-0.15, -0.1) is 0 Å². The zero-order chi connectivity index (χ0) is 19.1. The number of Topliss-reactive ketones (excluding diaryl/α,β-unsaturated/α-hetero) is 2. The third-order valence-electron chi connectivity index (χ3n) is 5.65. The van der Waals surface area contributed by atoms with Crippen LogP contribution < -0.4 is 0 Å². The number of hydrogen-bond donors (Lipinski definition) is 0. The lowest BCUT2D eigenvalue weighted by atomic mass is 9.84. The average molecular weight is 362 g/mol. The van der Waals surface area contributed by atoms with Crippen LogP contribution in [0.5, 0.6) is 0 Å². The van der Waals surface area contributed by atoms with Gasteiger partial charge in [0.1, 0.15) is 0 Å². The highest BCUT2D eigenvalue weighted by atomic mass is 16.2. The second-order valence-electron chi connectivity index (χ2n) is 7.20. The SMILES string of the molecule is O=C1C(=CCC2c3ccccc3C=Cc3ccccc32)C(=O)c2ccccc21. The van der Waals surface area contributed by atoms with Crippen LogP contribution in [0.2, 0.25) is 0 Å². The van der Waals surface area contributed by atoms with Gasteiger partial charge in [-0.05, 0) is 28.7 Å². The zero-order valence-electron chi connectivity index (χ0n) is 15.3. The van der Waals surface area contributed by atoms with Gasteiger partial charge in [0.15, 0.2) is 11.6 Å². The normalized spacial score (nSPS) is 15.1. The van der Waals surface area contributed by atoms with Crippen LogP contribution >= 0.6 is 0 Å². The number of allylic oxidation sites excluding steroid dienone is 2. The maximum atomic E-state index is 12.7. The number of hydrogen-bond acceptors (Lipinski definition) is 2. The lowest BCUT2D eigenvalue weighted by molar-refractivity contribution is 0.0988. The Morgan fingerprint density at radius 3 is 1.64 bits per heavy atom. The predicted octanol–water partition coefficient (Wildman–Crippen LogP) is 5.70. The number of fused-ring (bicyclic) bond motifs is 3. The van der Waals surface area contributed by atoms with Crippen molar-refractivity contribution in [3.05, 3.63) is 118 Å². The molecule has 0 heterocycles. The Kier molecular flexibility index (Phi) is 3.91. The topological polar surface area (TPSA) is 34.1 Å². The van der Waals surface area contributed by atoms with Gasteiger partial charge in [0.05, 0.1) is 5.57 Å². The van der Waals surface area contributed by atoms with Crippen molar-refractivity contribution in [2.45, 2.75) is 12.3 Å². The second-order valence-corrected chi connectivity index (χ2v) is 7.20. The van der Waals surface area contributed by atoms with Gasteiger partial charge in [0.2, 0.25) is 0 Å². The van der Waals surface area contributed by atoms with Gasteiger partial charge in [0, 0.05) is 17.0 Å². The molecule has 0 N–H and O–H groups in total. The Bertz CT molecular complexity index is 1090. The van der Waals surface area contributed by atoms with E-state index in [1.807, 2.05) is 30.3 Å². The standard InChI is InChI=1S/C26H18O2/c27-25-22-11-5-6-12-23(22)26(28)24(25)16-15-21-19-9-3-1-7-17(19)13-14-18-8-2-4-10-20(18)21/h1-14,16,21H,15H2. The summed E-state index contributed by atoms with van der Waals surface area (Å²) in [5.41, 5.74) is 6.12. The zero-order valence-corrected chi connectivity index (χ0v) is 15.3. The Balaban J connectivity index is 1.58. The van der Waals surface area contributed by atoms with Crippen LogP contribution in [0, 0.1) is 0 Å². The molecule has 0 spiro atoms. The molecule has 2 aliphatic carbocycles. The van der Waals surface area contributed by atoms with Crippen molar-refractivity contribution >= 4 is 23.7 Å². The Hall–Kier alpha value is -3.52. The highest BCUT2D eigenvalue weighted by Crippen LogP contribution is 2.38. The van der Waals surface area contributed by atoms with E-state index in [1.165, 1.54) is 22.3 Å². The molecule has 3 aromatic rings. The molecule has 0 amide bonds. The molecule has 0 saturated carbocycles. The number of ketones is 2. The Morgan fingerprint density at radius 1 is 0.643 bits per heavy atom. The smallest absolute Gasteiger partial charge is 0.197 e. The van der Waals surface area contributed by atoms with Crippen LogP contribution in [0.1, 0.15) is 55.3 Å². The molecule has 0 saturated heterocycles. The molecule has 134 valence electrons. The van der Waals surface area contributed by atoms with Gasteiger partial charge < -0.3 is 0 Å². The molecule has 28 heavy (non-hydrogen) atoms. The fourth-order valence-corrected chi connectivity index (χ4v) is 4.25. The van der Waals surface area contributed by atoms with E-state index in [1.54, 1.807) is 24.3 Å². The van der Waals surface area contributed by atoms with E-state index >= 15 is 0 Å². The van der Waals surface area contributed by atoms with Crippen LogP contribution in [0.25, 0.3) is 12.2 Å². The van der Waals surface area contributed by atoms with Gasteiger partial charge in [0.25, 0.3) is 0 Å². The predicted molar refractivity (Wildman–Crippen MR) is 111 cm³/mol. The van der Waals surface area contributed by atoms with Crippen LogP contribution in [0.15, 0.2) is 84.4 Å². The van der Waals surface area contributed by atoms with E-state index in [4.69, 9.17) is 0 Å². The van der Waals surface area contributed by atoms with E-state index in [2.05, 4.69) is 36.4 Å². The van der Waals surface area contributed by atoms with Crippen molar-refractivity contribution in [2.75, 3.05) is 0 Å². The third-order valence-corrected chi connectivity index (χ3v) is 5.65. The van der Waals surface area contributed by atoms with Crippen LogP contribution in [0.4, 0.5) is 0 Å². The maximum absolute atomic E-state index is 12.7. The van der Waals surface area contributed by atoms with Gasteiger partial charge in [-0.3, -0.25) is 9.59 Å². The summed E-state index contributed by atoms with van der Waals surface area (Å²) in [7, 11) is 0. The van der Waals surface area contributed by atoms with Crippen LogP contribution in [-0.2, 0) is 0 Å². The van der Waals surface area contributed by atoms with Crippen LogP contribution in [0.3, 0.4) is 0 Å². The number of rotatable bonds is 2. The summed E-state index contributed by atoms with van der Waals surface area (Å²) < 4.78 is 0. The summed E-state index contributed by atoms with van der Waals surface area (Å²) in [5, 5.41) is 0. The summed E-state index contributed by atoms with van der Waals surface area (Å²) >= 11 is 0. The minimum Gasteiger partial charge on any atom is -0.288 e. The highest BCUT2D eigenvalue weighted by molar-refractivity contribution is 6.39. The Labute approximate surface area is 163 Å². The molecule has 0 fully saturated rings. The van der Waals surface area contributed by atoms with Crippen LogP contribution in [-0.4, -0.2) is 11.6 Å². The summed E-state index contributed by atoms with van der Waals surface area (Å²) in [6, 6.07) is 23.7. The van der Waals surface area contributed by atoms with Crippen molar-refractivity contribution in [1.82, 2.24) is 0 Å². The first-order chi connectivity index (χ1) is 13.7. The third kappa shape index (κ3) is 2.57. The van der Waals surface area contributed by atoms with Crippen molar-refractivity contribution in [2.24, 2.45) is 0 Å². The number of benzene rings is 3. The molecular formula is C26H18O2. The molecule has 3 aromatic carbocycles. The van der Waals surface area contributed by atoms with Gasteiger partial charge in [-0.2, -0.15) is 0 Å². The lowest BCUT2D eigenvalue weighted by Gasteiger charge is -2.19. The van der Waals surface area contributed by atoms with Crippen molar-refractivity contribution < 1.29 is 9.59 Å². The first-order valence-electron chi connectivity index (χ1n) is 9.48. The fraction of sp³-hybridized carbons (Fsp3) is 0.0769. The minimum absolute atomic E-state index is 0.0965. The van der Waals surface area contributed by atoms with E-state index in [9.17, 15) is 9.59 Å². The first-order valence-corrected chi connectivity index (χ1v) is 9.48. The van der Waals surface area contributed by atoms with E-state index in [-0.39, 0.29) is 17.5 Å². The Morgan fingerprint density at radius 2 is 1.11 bits per heavy atom. The molecule has 0 radical (unpaired) electrons. The molecule has 2 aliphatic rings. The molecule has 0 unspecified atom stereocenters. The lowest BCUT2D eigenvalue weighted by Crippen LogP contribution is -2.06. The largest absolute Gasteiger partial charge is 0.288 e. The first kappa shape index (κ1) is 16.6. The molecular weight excluding hydrogens is 344 g/mol. The van der Waals surface area contributed by atoms with E-state index in [0.717, 1.165) is 0 Å². The number of carbonyl (C=O) groups excluding carboxylic acids is 2. The molecule has 2 nitrogen and oxygen atoms in total. The van der Waals surface area contributed by atoms with E-state index in [0.29, 0.717) is 23.1 Å². The summed E-state index contributed by atoms with van der Waals surface area (Å²) in [6.45, 7) is 0. The molecule has 5 rings (SSSR count).